The Balaban J connectivity index is 1.04. The fourth-order valence-electron chi connectivity index (χ4n) is 10.8. The number of amides is 1. The molecule has 4 fully saturated rings. The zero-order valence-corrected chi connectivity index (χ0v) is 25.5. The van der Waals surface area contributed by atoms with Crippen molar-refractivity contribution in [3.8, 4) is 5.75 Å². The van der Waals surface area contributed by atoms with Crippen LogP contribution in [-0.2, 0) is 4.79 Å². The minimum Gasteiger partial charge on any atom is -0.496 e. The van der Waals surface area contributed by atoms with Crippen molar-refractivity contribution in [2.75, 3.05) is 20.2 Å². The topological polar surface area (TPSA) is 49.8 Å². The lowest BCUT2D eigenvalue weighted by atomic mass is 9.47. The first kappa shape index (κ1) is 28.3. The molecular weight excluding hydrogens is 494 g/mol. The number of allylic oxidation sites excluding steroid dienone is 1. The van der Waals surface area contributed by atoms with Crippen LogP contribution in [0.1, 0.15) is 109 Å². The van der Waals surface area contributed by atoms with E-state index in [1.165, 1.54) is 44.1 Å². The third kappa shape index (κ3) is 4.84. The zero-order valence-electron chi connectivity index (χ0n) is 25.5. The number of carbonyl (C=O) groups excluding carboxylic acids is 1. The first-order chi connectivity index (χ1) is 19.2. The van der Waals surface area contributed by atoms with Gasteiger partial charge in [-0.2, -0.15) is 0 Å². The van der Waals surface area contributed by atoms with Crippen molar-refractivity contribution in [2.45, 2.75) is 110 Å². The Morgan fingerprint density at radius 3 is 2.60 bits per heavy atom. The summed E-state index contributed by atoms with van der Waals surface area (Å²) in [5, 5.41) is 10.3. The normalized spacial score (nSPS) is 38.6. The Morgan fingerprint density at radius 2 is 1.82 bits per heavy atom. The molecule has 6 rings (SSSR count). The fourth-order valence-corrected chi connectivity index (χ4v) is 10.8. The van der Waals surface area contributed by atoms with Crippen molar-refractivity contribution >= 4 is 5.91 Å². The number of nitrogens with zero attached hydrogens (tertiary/aromatic N) is 1. The highest BCUT2D eigenvalue weighted by Gasteiger charge is 2.59. The van der Waals surface area contributed by atoms with Gasteiger partial charge in [0.05, 0.1) is 13.2 Å². The molecule has 1 unspecified atom stereocenters. The number of ether oxygens (including phenoxy) is 1. The number of fused-ring (bicyclic) bond motifs is 5. The number of para-hydroxylation sites is 1. The summed E-state index contributed by atoms with van der Waals surface area (Å²) in [5.74, 6) is 5.62. The number of likely N-dealkylation sites (tertiary alicyclic amines) is 1. The zero-order chi connectivity index (χ0) is 28.1. The van der Waals surface area contributed by atoms with E-state index in [1.54, 1.807) is 12.7 Å². The lowest BCUT2D eigenvalue weighted by Crippen LogP contribution is -2.50. The van der Waals surface area contributed by atoms with Crippen molar-refractivity contribution < 1.29 is 14.6 Å². The van der Waals surface area contributed by atoms with Gasteiger partial charge >= 0.3 is 0 Å². The number of rotatable bonds is 6. The van der Waals surface area contributed by atoms with Gasteiger partial charge in [-0.1, -0.05) is 50.6 Å². The van der Waals surface area contributed by atoms with Gasteiger partial charge < -0.3 is 14.7 Å². The van der Waals surface area contributed by atoms with Gasteiger partial charge in [0.2, 0.25) is 5.91 Å². The molecule has 220 valence electrons. The lowest BCUT2D eigenvalue weighted by Gasteiger charge is -2.58. The number of aliphatic hydroxyl groups excluding tert-OH is 1. The molecule has 5 aliphatic rings. The Bertz CT molecular complexity index is 1110. The van der Waals surface area contributed by atoms with Crippen LogP contribution in [0.15, 0.2) is 35.9 Å². The number of aliphatic hydroxyl groups is 1. The fraction of sp³-hybridized carbons (Fsp3) is 0.750. The molecular formula is C36H53NO3. The van der Waals surface area contributed by atoms with Crippen LogP contribution >= 0.6 is 0 Å². The Labute approximate surface area is 242 Å². The van der Waals surface area contributed by atoms with Crippen molar-refractivity contribution in [3.63, 3.8) is 0 Å². The number of piperidine rings is 1. The first-order valence-corrected chi connectivity index (χ1v) is 16.5. The van der Waals surface area contributed by atoms with Crippen LogP contribution in [0.5, 0.6) is 5.75 Å². The summed E-state index contributed by atoms with van der Waals surface area (Å²) < 4.78 is 5.60. The lowest BCUT2D eigenvalue weighted by molar-refractivity contribution is -0.132. The minimum absolute atomic E-state index is 0.122. The van der Waals surface area contributed by atoms with E-state index < -0.39 is 0 Å². The standard InChI is InChI=1S/C36H53NO3/c1-24(9-14-34(39)37-21-17-25(18-22-37)28-7-5-6-8-33(28)40-4)30-12-13-31-29-11-10-26-23-27(38)15-19-35(26,2)32(29)16-20-36(30,31)3/h5-8,10,24-25,27,29-32,38H,9,11-23H2,1-4H3/t24?,27-,29-,30+,31-,32-,35-,36+/m0/s1. The molecule has 1 saturated heterocycles. The van der Waals surface area contributed by atoms with Crippen LogP contribution in [0.25, 0.3) is 0 Å². The molecule has 0 bridgehead atoms. The Kier molecular flexibility index (Phi) is 7.87. The first-order valence-electron chi connectivity index (χ1n) is 16.5. The van der Waals surface area contributed by atoms with E-state index in [0.717, 1.165) is 74.6 Å². The summed E-state index contributed by atoms with van der Waals surface area (Å²) in [6.07, 6.45) is 15.9. The van der Waals surface area contributed by atoms with Gasteiger partial charge in [0.25, 0.3) is 0 Å². The third-order valence-electron chi connectivity index (χ3n) is 13.1. The number of hydrogen-bond acceptors (Lipinski definition) is 3. The van der Waals surface area contributed by atoms with Gasteiger partial charge in [0, 0.05) is 19.5 Å². The van der Waals surface area contributed by atoms with Crippen LogP contribution in [-0.4, -0.2) is 42.2 Å². The summed E-state index contributed by atoms with van der Waals surface area (Å²) in [7, 11) is 1.75. The second kappa shape index (κ2) is 11.1. The number of benzene rings is 1. The van der Waals surface area contributed by atoms with Gasteiger partial charge in [-0.15, -0.1) is 0 Å². The molecule has 1 aliphatic heterocycles. The highest BCUT2D eigenvalue weighted by molar-refractivity contribution is 5.76. The number of carbonyl (C=O) groups is 1. The summed E-state index contributed by atoms with van der Waals surface area (Å²) in [6.45, 7) is 9.35. The predicted molar refractivity (Wildman–Crippen MR) is 161 cm³/mol. The van der Waals surface area contributed by atoms with Gasteiger partial charge in [-0.05, 0) is 129 Å². The molecule has 0 aromatic heterocycles. The van der Waals surface area contributed by atoms with E-state index in [2.05, 4.69) is 49.9 Å². The van der Waals surface area contributed by atoms with E-state index in [0.29, 0.717) is 35.0 Å². The molecule has 4 nitrogen and oxygen atoms in total. The van der Waals surface area contributed by atoms with Gasteiger partial charge in [-0.3, -0.25) is 4.79 Å². The second-order valence-corrected chi connectivity index (χ2v) is 14.8. The van der Waals surface area contributed by atoms with Gasteiger partial charge in [0.1, 0.15) is 5.75 Å². The van der Waals surface area contributed by atoms with Crippen molar-refractivity contribution in [1.29, 1.82) is 0 Å². The molecule has 0 radical (unpaired) electrons. The predicted octanol–water partition coefficient (Wildman–Crippen LogP) is 7.76. The number of methoxy groups -OCH3 is 1. The summed E-state index contributed by atoms with van der Waals surface area (Å²) in [6, 6.07) is 8.37. The average molecular weight is 548 g/mol. The van der Waals surface area contributed by atoms with Crippen LogP contribution < -0.4 is 4.74 Å². The largest absolute Gasteiger partial charge is 0.496 e. The van der Waals surface area contributed by atoms with Crippen molar-refractivity contribution in [3.05, 3.63) is 41.5 Å². The molecule has 8 atom stereocenters. The Hall–Kier alpha value is -1.81. The van der Waals surface area contributed by atoms with E-state index in [4.69, 9.17) is 4.74 Å². The minimum atomic E-state index is -0.122. The maximum Gasteiger partial charge on any atom is 0.222 e. The van der Waals surface area contributed by atoms with Crippen LogP contribution in [0.3, 0.4) is 0 Å². The maximum absolute atomic E-state index is 13.3. The molecule has 0 spiro atoms. The van der Waals surface area contributed by atoms with Crippen molar-refractivity contribution in [2.24, 2.45) is 40.4 Å². The quantitative estimate of drug-likeness (QED) is 0.370. The van der Waals surface area contributed by atoms with Gasteiger partial charge in [-0.25, -0.2) is 0 Å². The van der Waals surface area contributed by atoms with Gasteiger partial charge in [0.15, 0.2) is 0 Å². The second-order valence-electron chi connectivity index (χ2n) is 14.8. The smallest absolute Gasteiger partial charge is 0.222 e. The molecule has 1 N–H and O–H groups in total. The van der Waals surface area contributed by atoms with Crippen LogP contribution in [0.2, 0.25) is 0 Å². The number of hydrogen-bond donors (Lipinski definition) is 1. The van der Waals surface area contributed by atoms with E-state index >= 15 is 0 Å². The molecule has 1 aromatic rings. The monoisotopic (exact) mass is 547 g/mol. The molecule has 4 heteroatoms. The summed E-state index contributed by atoms with van der Waals surface area (Å²) in [5.41, 5.74) is 3.61. The SMILES string of the molecule is COc1ccccc1C1CCN(C(=O)CCC(C)[C@H]2CC[C@H]3[C@@H]4CC=C5C[C@@H](O)CC[C@]5(C)[C@H]4CC[C@]23C)CC1. The van der Waals surface area contributed by atoms with Crippen LogP contribution in [0, 0.1) is 40.4 Å². The molecule has 1 aromatic carbocycles. The highest BCUT2D eigenvalue weighted by atomic mass is 16.5. The summed E-state index contributed by atoms with van der Waals surface area (Å²) in [4.78, 5) is 15.4. The third-order valence-corrected chi connectivity index (χ3v) is 13.1. The average Bonchev–Trinajstić information content (AvgIpc) is 3.33. The molecule has 4 aliphatic carbocycles. The molecule has 1 amide bonds. The molecule has 3 saturated carbocycles. The van der Waals surface area contributed by atoms with Crippen LogP contribution in [0.4, 0.5) is 0 Å². The highest BCUT2D eigenvalue weighted by Crippen LogP contribution is 2.67. The summed E-state index contributed by atoms with van der Waals surface area (Å²) >= 11 is 0. The molecule has 40 heavy (non-hydrogen) atoms. The van der Waals surface area contributed by atoms with E-state index in [-0.39, 0.29) is 6.10 Å². The van der Waals surface area contributed by atoms with E-state index in [1.807, 2.05) is 6.07 Å². The Morgan fingerprint density at radius 1 is 1.05 bits per heavy atom. The molecule has 1 heterocycles. The maximum atomic E-state index is 13.3. The van der Waals surface area contributed by atoms with E-state index in [9.17, 15) is 9.90 Å². The van der Waals surface area contributed by atoms with Crippen molar-refractivity contribution in [1.82, 2.24) is 4.90 Å².